The van der Waals surface area contributed by atoms with Crippen molar-refractivity contribution >= 4 is 17.4 Å². The Morgan fingerprint density at radius 2 is 1.91 bits per heavy atom. The molecule has 0 spiro atoms. The third-order valence-corrected chi connectivity index (χ3v) is 1.30. The van der Waals surface area contributed by atoms with Gasteiger partial charge in [0.25, 0.3) is 0 Å². The van der Waals surface area contributed by atoms with Gasteiger partial charge < -0.3 is 0 Å². The summed E-state index contributed by atoms with van der Waals surface area (Å²) in [7, 11) is 0. The fourth-order valence-corrected chi connectivity index (χ4v) is 0.772. The summed E-state index contributed by atoms with van der Waals surface area (Å²) in [5.74, 6) is 0. The molecule has 0 heterocycles. The molecule has 0 radical (unpaired) electrons. The lowest BCUT2D eigenvalue weighted by Crippen LogP contribution is -1.76. The Morgan fingerprint density at radius 3 is 2.45 bits per heavy atom. The van der Waals surface area contributed by atoms with Crippen LogP contribution in [0.2, 0.25) is 0 Å². The summed E-state index contributed by atoms with van der Waals surface area (Å²) in [6, 6.07) is 9.96. The van der Waals surface area contributed by atoms with Crippen LogP contribution in [-0.2, 0) is 6.54 Å². The lowest BCUT2D eigenvalue weighted by Gasteiger charge is -1.90. The normalized spacial score (nSPS) is 7.64. The summed E-state index contributed by atoms with van der Waals surface area (Å²) < 4.78 is 0. The van der Waals surface area contributed by atoms with Gasteiger partial charge in [-0.1, -0.05) is 37.8 Å². The van der Waals surface area contributed by atoms with Gasteiger partial charge in [-0.15, -0.1) is 0 Å². The molecular formula is C9H11NS. The quantitative estimate of drug-likeness (QED) is 0.485. The molecule has 0 fully saturated rings. The highest BCUT2D eigenvalue weighted by Crippen LogP contribution is 1.98. The second-order valence-corrected chi connectivity index (χ2v) is 2.08. The van der Waals surface area contributed by atoms with Crippen LogP contribution in [0.15, 0.2) is 35.3 Å². The predicted octanol–water partition coefficient (Wildman–Crippen LogP) is 2.93. The summed E-state index contributed by atoms with van der Waals surface area (Å²) >= 11 is 4.43. The zero-order chi connectivity index (χ0) is 7.23. The number of aliphatic imine (C=N–C) groups is 1. The van der Waals surface area contributed by atoms with E-state index in [1.807, 2.05) is 30.3 Å². The van der Waals surface area contributed by atoms with E-state index in [2.05, 4.69) is 22.4 Å². The molecule has 0 unspecified atom stereocenters. The topological polar surface area (TPSA) is 12.4 Å². The van der Waals surface area contributed by atoms with Crippen molar-refractivity contribution in [2.45, 2.75) is 14.0 Å². The summed E-state index contributed by atoms with van der Waals surface area (Å²) in [6.45, 7) is 0.643. The van der Waals surface area contributed by atoms with Crippen molar-refractivity contribution in [2.75, 3.05) is 0 Å². The first-order chi connectivity index (χ1) is 4.93. The van der Waals surface area contributed by atoms with Crippen LogP contribution in [0.5, 0.6) is 0 Å². The number of benzene rings is 1. The van der Waals surface area contributed by atoms with Gasteiger partial charge in [0.15, 0.2) is 0 Å². The number of rotatable bonds is 2. The first-order valence-electron chi connectivity index (χ1n) is 3.01. The molecule has 0 aliphatic carbocycles. The highest BCUT2D eigenvalue weighted by molar-refractivity contribution is 7.78. The fourth-order valence-electron chi connectivity index (χ4n) is 0.707. The molecular weight excluding hydrogens is 154 g/mol. The summed E-state index contributed by atoms with van der Waals surface area (Å²) in [4.78, 5) is 3.81. The maximum absolute atomic E-state index is 4.43. The molecule has 0 bridgehead atoms. The maximum Gasteiger partial charge on any atom is 0.0743 e. The molecule has 0 saturated carbocycles. The van der Waals surface area contributed by atoms with E-state index in [-0.39, 0.29) is 7.43 Å². The van der Waals surface area contributed by atoms with Gasteiger partial charge >= 0.3 is 0 Å². The monoisotopic (exact) mass is 165 g/mol. The molecule has 0 aromatic heterocycles. The van der Waals surface area contributed by atoms with Gasteiger partial charge in [-0.05, 0) is 17.8 Å². The molecule has 0 aliphatic rings. The van der Waals surface area contributed by atoms with E-state index < -0.39 is 0 Å². The van der Waals surface area contributed by atoms with Crippen molar-refractivity contribution < 1.29 is 0 Å². The van der Waals surface area contributed by atoms with Crippen molar-refractivity contribution in [2.24, 2.45) is 4.99 Å². The first kappa shape index (κ1) is 10.0. The number of thiocarbonyl (C=S) groups is 1. The lowest BCUT2D eigenvalue weighted by atomic mass is 10.2. The standard InChI is InChI=1S/C8H7NS.CH4/c10-7-9-6-8-4-2-1-3-5-8;/h1-5H,6H2;1H4. The van der Waals surface area contributed by atoms with E-state index in [1.54, 1.807) is 0 Å². The van der Waals surface area contributed by atoms with Crippen LogP contribution in [0, 0.1) is 0 Å². The second-order valence-electron chi connectivity index (χ2n) is 1.89. The largest absolute Gasteiger partial charge is 0.228 e. The van der Waals surface area contributed by atoms with Crippen LogP contribution in [0.3, 0.4) is 0 Å². The third kappa shape index (κ3) is 3.66. The van der Waals surface area contributed by atoms with Crippen LogP contribution in [-0.4, -0.2) is 5.16 Å². The van der Waals surface area contributed by atoms with Crippen molar-refractivity contribution in [1.82, 2.24) is 0 Å². The van der Waals surface area contributed by atoms with Crippen molar-refractivity contribution in [3.8, 4) is 0 Å². The van der Waals surface area contributed by atoms with Crippen molar-refractivity contribution in [3.63, 3.8) is 0 Å². The summed E-state index contributed by atoms with van der Waals surface area (Å²) in [5, 5.41) is 2.32. The molecule has 0 N–H and O–H groups in total. The zero-order valence-electron chi connectivity index (χ0n) is 5.45. The molecule has 0 amide bonds. The Morgan fingerprint density at radius 1 is 1.27 bits per heavy atom. The van der Waals surface area contributed by atoms with E-state index in [4.69, 9.17) is 0 Å². The Kier molecular flexibility index (Phi) is 5.26. The molecule has 1 nitrogen and oxygen atoms in total. The molecule has 0 aliphatic heterocycles. The Balaban J connectivity index is 0.000001000. The fraction of sp³-hybridized carbons (Fsp3) is 0.222. The highest BCUT2D eigenvalue weighted by Gasteiger charge is 1.84. The van der Waals surface area contributed by atoms with Crippen molar-refractivity contribution in [3.05, 3.63) is 35.9 Å². The van der Waals surface area contributed by atoms with E-state index >= 15 is 0 Å². The van der Waals surface area contributed by atoms with E-state index in [0.717, 1.165) is 0 Å². The molecule has 11 heavy (non-hydrogen) atoms. The molecule has 2 heteroatoms. The van der Waals surface area contributed by atoms with Gasteiger partial charge in [0.05, 0.1) is 11.7 Å². The highest BCUT2D eigenvalue weighted by atomic mass is 32.1. The number of isothiocyanates is 1. The van der Waals surface area contributed by atoms with Crippen LogP contribution in [0.25, 0.3) is 0 Å². The van der Waals surface area contributed by atoms with Crippen LogP contribution in [0.1, 0.15) is 13.0 Å². The molecule has 1 aromatic carbocycles. The minimum absolute atomic E-state index is 0. The van der Waals surface area contributed by atoms with Gasteiger partial charge in [0.1, 0.15) is 0 Å². The maximum atomic E-state index is 4.43. The van der Waals surface area contributed by atoms with Gasteiger partial charge in [-0.3, -0.25) is 0 Å². The van der Waals surface area contributed by atoms with E-state index in [1.165, 1.54) is 5.56 Å². The van der Waals surface area contributed by atoms with Gasteiger partial charge in [-0.25, -0.2) is 4.99 Å². The van der Waals surface area contributed by atoms with Crippen LogP contribution >= 0.6 is 12.2 Å². The van der Waals surface area contributed by atoms with Crippen LogP contribution < -0.4 is 0 Å². The van der Waals surface area contributed by atoms with Crippen LogP contribution in [0.4, 0.5) is 0 Å². The SMILES string of the molecule is C.S=C=NCc1ccccc1. The number of hydrogen-bond donors (Lipinski definition) is 0. The summed E-state index contributed by atoms with van der Waals surface area (Å²) in [6.07, 6.45) is 0. The first-order valence-corrected chi connectivity index (χ1v) is 3.42. The Hall–Kier alpha value is -0.980. The smallest absolute Gasteiger partial charge is 0.0743 e. The van der Waals surface area contributed by atoms with E-state index in [0.29, 0.717) is 6.54 Å². The number of hydrogen-bond acceptors (Lipinski definition) is 2. The molecule has 1 aromatic rings. The van der Waals surface area contributed by atoms with Crippen molar-refractivity contribution in [1.29, 1.82) is 0 Å². The minimum Gasteiger partial charge on any atom is -0.228 e. The summed E-state index contributed by atoms with van der Waals surface area (Å²) in [5.41, 5.74) is 1.17. The van der Waals surface area contributed by atoms with Gasteiger partial charge in [0, 0.05) is 0 Å². The Bertz CT molecular complexity index is 237. The zero-order valence-corrected chi connectivity index (χ0v) is 6.27. The second kappa shape index (κ2) is 5.78. The molecule has 1 rings (SSSR count). The van der Waals surface area contributed by atoms with E-state index in [9.17, 15) is 0 Å². The molecule has 0 saturated heterocycles. The van der Waals surface area contributed by atoms with Gasteiger partial charge in [-0.2, -0.15) is 0 Å². The molecule has 0 atom stereocenters. The predicted molar refractivity (Wildman–Crippen MR) is 51.9 cm³/mol. The third-order valence-electron chi connectivity index (χ3n) is 1.17. The lowest BCUT2D eigenvalue weighted by molar-refractivity contribution is 1.08. The van der Waals surface area contributed by atoms with Gasteiger partial charge in [0.2, 0.25) is 0 Å². The molecule has 58 valence electrons. The average molecular weight is 165 g/mol. The Labute approximate surface area is 72.8 Å². The minimum atomic E-state index is 0. The number of nitrogens with zero attached hydrogens (tertiary/aromatic N) is 1. The average Bonchev–Trinajstić information content (AvgIpc) is 2.03.